The SMILES string of the molecule is Cc1cc(C)c(C#N)c(N2CCC[C@@H](NS(C)(=O)=O)C2)n1. The molecule has 1 aromatic rings. The summed E-state index contributed by atoms with van der Waals surface area (Å²) in [6, 6.07) is 3.96. The molecule has 0 unspecified atom stereocenters. The number of aromatic nitrogens is 1. The summed E-state index contributed by atoms with van der Waals surface area (Å²) in [6.07, 6.45) is 2.84. The molecule has 0 saturated carbocycles. The van der Waals surface area contributed by atoms with Crippen LogP contribution in [0.25, 0.3) is 0 Å². The van der Waals surface area contributed by atoms with Crippen molar-refractivity contribution in [2.45, 2.75) is 32.7 Å². The van der Waals surface area contributed by atoms with E-state index in [2.05, 4.69) is 15.8 Å². The van der Waals surface area contributed by atoms with E-state index in [0.717, 1.165) is 30.6 Å². The zero-order chi connectivity index (χ0) is 15.6. The molecule has 0 radical (unpaired) electrons. The Morgan fingerprint density at radius 2 is 2.19 bits per heavy atom. The maximum absolute atomic E-state index is 11.4. The molecule has 1 N–H and O–H groups in total. The van der Waals surface area contributed by atoms with E-state index in [0.29, 0.717) is 17.9 Å². The zero-order valence-electron chi connectivity index (χ0n) is 12.5. The predicted molar refractivity (Wildman–Crippen MR) is 81.6 cm³/mol. The van der Waals surface area contributed by atoms with Crippen LogP contribution in [0.4, 0.5) is 5.82 Å². The number of sulfonamides is 1. The summed E-state index contributed by atoms with van der Waals surface area (Å²) in [4.78, 5) is 6.49. The Morgan fingerprint density at radius 1 is 1.48 bits per heavy atom. The van der Waals surface area contributed by atoms with E-state index in [9.17, 15) is 13.7 Å². The van der Waals surface area contributed by atoms with E-state index < -0.39 is 10.0 Å². The fourth-order valence-corrected chi connectivity index (χ4v) is 3.55. The zero-order valence-corrected chi connectivity index (χ0v) is 13.4. The van der Waals surface area contributed by atoms with Crippen molar-refractivity contribution in [3.05, 3.63) is 22.9 Å². The second kappa shape index (κ2) is 6.00. The minimum Gasteiger partial charge on any atom is -0.354 e. The topological polar surface area (TPSA) is 86.1 Å². The number of hydrogen-bond acceptors (Lipinski definition) is 5. The molecule has 6 nitrogen and oxygen atoms in total. The van der Waals surface area contributed by atoms with Gasteiger partial charge in [-0.15, -0.1) is 0 Å². The molecule has 0 aliphatic carbocycles. The summed E-state index contributed by atoms with van der Waals surface area (Å²) in [6.45, 7) is 5.12. The maximum Gasteiger partial charge on any atom is 0.209 e. The fourth-order valence-electron chi connectivity index (χ4n) is 2.75. The average Bonchev–Trinajstić information content (AvgIpc) is 2.36. The van der Waals surface area contributed by atoms with Crippen molar-refractivity contribution in [3.8, 4) is 6.07 Å². The van der Waals surface area contributed by atoms with Gasteiger partial charge in [0.15, 0.2) is 0 Å². The van der Waals surface area contributed by atoms with E-state index in [1.807, 2.05) is 24.8 Å². The Labute approximate surface area is 125 Å². The first kappa shape index (κ1) is 15.7. The highest BCUT2D eigenvalue weighted by Crippen LogP contribution is 2.25. The van der Waals surface area contributed by atoms with Crippen molar-refractivity contribution in [2.75, 3.05) is 24.2 Å². The van der Waals surface area contributed by atoms with E-state index in [-0.39, 0.29) is 6.04 Å². The first-order valence-corrected chi connectivity index (χ1v) is 8.80. The molecular formula is C14H20N4O2S. The van der Waals surface area contributed by atoms with Crippen molar-refractivity contribution in [3.63, 3.8) is 0 Å². The molecule has 1 atom stereocenters. The normalized spacial score (nSPS) is 19.3. The van der Waals surface area contributed by atoms with Crippen LogP contribution in [0.15, 0.2) is 6.07 Å². The maximum atomic E-state index is 11.4. The third-order valence-corrected chi connectivity index (χ3v) is 4.30. The van der Waals surface area contributed by atoms with Gasteiger partial charge in [0, 0.05) is 24.8 Å². The van der Waals surface area contributed by atoms with E-state index >= 15 is 0 Å². The van der Waals surface area contributed by atoms with Gasteiger partial charge < -0.3 is 4.90 Å². The number of rotatable bonds is 3. The highest BCUT2D eigenvalue weighted by atomic mass is 32.2. The van der Waals surface area contributed by atoms with Gasteiger partial charge in [-0.25, -0.2) is 18.1 Å². The number of anilines is 1. The number of nitrogens with zero attached hydrogens (tertiary/aromatic N) is 3. The number of piperidine rings is 1. The lowest BCUT2D eigenvalue weighted by atomic mass is 10.0. The smallest absolute Gasteiger partial charge is 0.209 e. The Morgan fingerprint density at radius 3 is 2.81 bits per heavy atom. The van der Waals surface area contributed by atoms with Crippen LogP contribution in [-0.2, 0) is 10.0 Å². The third-order valence-electron chi connectivity index (χ3n) is 3.54. The largest absolute Gasteiger partial charge is 0.354 e. The Kier molecular flexibility index (Phi) is 4.49. The van der Waals surface area contributed by atoms with Gasteiger partial charge in [0.25, 0.3) is 0 Å². The second-order valence-electron chi connectivity index (χ2n) is 5.57. The van der Waals surface area contributed by atoms with Crippen LogP contribution in [0.3, 0.4) is 0 Å². The number of hydrogen-bond donors (Lipinski definition) is 1. The van der Waals surface area contributed by atoms with Crippen LogP contribution in [-0.4, -0.2) is 38.8 Å². The molecule has 2 heterocycles. The lowest BCUT2D eigenvalue weighted by Gasteiger charge is -2.34. The summed E-state index contributed by atoms with van der Waals surface area (Å²) in [7, 11) is -3.22. The number of pyridine rings is 1. The molecular weight excluding hydrogens is 288 g/mol. The molecule has 2 rings (SSSR count). The van der Waals surface area contributed by atoms with Gasteiger partial charge in [0.1, 0.15) is 11.9 Å². The quantitative estimate of drug-likeness (QED) is 0.903. The van der Waals surface area contributed by atoms with Crippen LogP contribution in [0.2, 0.25) is 0 Å². The van der Waals surface area contributed by atoms with E-state index in [1.165, 1.54) is 6.26 Å². The molecule has 1 aliphatic heterocycles. The summed E-state index contributed by atoms with van der Waals surface area (Å²) < 4.78 is 25.4. The van der Waals surface area contributed by atoms with Crippen LogP contribution >= 0.6 is 0 Å². The molecule has 0 amide bonds. The van der Waals surface area contributed by atoms with Crippen LogP contribution in [0, 0.1) is 25.2 Å². The van der Waals surface area contributed by atoms with Crippen molar-refractivity contribution in [2.24, 2.45) is 0 Å². The van der Waals surface area contributed by atoms with Gasteiger partial charge >= 0.3 is 0 Å². The molecule has 7 heteroatoms. The van der Waals surface area contributed by atoms with Gasteiger partial charge in [-0.2, -0.15) is 5.26 Å². The lowest BCUT2D eigenvalue weighted by molar-refractivity contribution is 0.465. The molecule has 0 spiro atoms. The molecule has 1 saturated heterocycles. The molecule has 1 aromatic heterocycles. The highest BCUT2D eigenvalue weighted by Gasteiger charge is 2.25. The number of aryl methyl sites for hydroxylation is 2. The first-order chi connectivity index (χ1) is 9.80. The summed E-state index contributed by atoms with van der Waals surface area (Å²) >= 11 is 0. The monoisotopic (exact) mass is 308 g/mol. The second-order valence-corrected chi connectivity index (χ2v) is 7.35. The molecule has 0 bridgehead atoms. The number of nitriles is 1. The van der Waals surface area contributed by atoms with Crippen molar-refractivity contribution < 1.29 is 8.42 Å². The van der Waals surface area contributed by atoms with Crippen molar-refractivity contribution >= 4 is 15.8 Å². The molecule has 1 aliphatic rings. The molecule has 1 fully saturated rings. The van der Waals surface area contributed by atoms with E-state index in [4.69, 9.17) is 0 Å². The molecule has 114 valence electrons. The van der Waals surface area contributed by atoms with Crippen LogP contribution in [0.1, 0.15) is 29.7 Å². The van der Waals surface area contributed by atoms with Crippen molar-refractivity contribution in [1.29, 1.82) is 5.26 Å². The summed E-state index contributed by atoms with van der Waals surface area (Å²) in [5, 5.41) is 9.34. The van der Waals surface area contributed by atoms with Gasteiger partial charge in [0.2, 0.25) is 10.0 Å². The predicted octanol–water partition coefficient (Wildman–Crippen LogP) is 1.09. The van der Waals surface area contributed by atoms with Gasteiger partial charge in [-0.3, -0.25) is 0 Å². The van der Waals surface area contributed by atoms with Crippen molar-refractivity contribution in [1.82, 2.24) is 9.71 Å². The molecule has 0 aromatic carbocycles. The average molecular weight is 308 g/mol. The summed E-state index contributed by atoms with van der Waals surface area (Å²) in [5.41, 5.74) is 2.33. The number of nitrogens with one attached hydrogen (secondary N) is 1. The van der Waals surface area contributed by atoms with Crippen LogP contribution in [0.5, 0.6) is 0 Å². The van der Waals surface area contributed by atoms with Gasteiger partial charge in [0.05, 0.1) is 11.8 Å². The standard InChI is InChI=1S/C14H20N4O2S/c1-10-7-11(2)16-14(13(10)8-15)18-6-4-5-12(9-18)17-21(3,19)20/h7,12,17H,4-6,9H2,1-3H3/t12-/m1/s1. The Hall–Kier alpha value is -1.65. The fraction of sp³-hybridized carbons (Fsp3) is 0.571. The minimum absolute atomic E-state index is 0.136. The lowest BCUT2D eigenvalue weighted by Crippen LogP contribution is -2.48. The first-order valence-electron chi connectivity index (χ1n) is 6.91. The van der Waals surface area contributed by atoms with Crippen LogP contribution < -0.4 is 9.62 Å². The third kappa shape index (κ3) is 3.93. The molecule has 21 heavy (non-hydrogen) atoms. The van der Waals surface area contributed by atoms with E-state index in [1.54, 1.807) is 0 Å². The minimum atomic E-state index is -3.22. The Bertz CT molecular complexity index is 679. The highest BCUT2D eigenvalue weighted by molar-refractivity contribution is 7.88. The Balaban J connectivity index is 2.28. The van der Waals surface area contributed by atoms with Gasteiger partial charge in [-0.1, -0.05) is 0 Å². The van der Waals surface area contributed by atoms with Gasteiger partial charge in [-0.05, 0) is 38.3 Å². The summed E-state index contributed by atoms with van der Waals surface area (Å²) in [5.74, 6) is 0.662.